The number of para-hydroxylation sites is 1. The molecule has 5 aromatic rings. The maximum absolute atomic E-state index is 14.3. The SMILES string of the molecule is CC[C@H](C)[C@@H](C(=O)N[C@@H](Cc1ccccc1)[C@H](O)CNS(=O)(=O)c1ccc(CN=O)cc1CC1CCC1)n1cc(O)n(Cc2ccnc3ccccc23)c1=O. The molecule has 2 aromatic heterocycles. The Morgan fingerprint density at radius 2 is 1.76 bits per heavy atom. The largest absolute Gasteiger partial charge is 0.493 e. The van der Waals surface area contributed by atoms with Crippen molar-refractivity contribution >= 4 is 26.8 Å². The van der Waals surface area contributed by atoms with E-state index in [0.29, 0.717) is 29.9 Å². The Bertz CT molecular complexity index is 2280. The summed E-state index contributed by atoms with van der Waals surface area (Å²) in [6.45, 7) is 3.29. The lowest BCUT2D eigenvalue weighted by atomic mass is 9.81. The maximum Gasteiger partial charge on any atom is 0.332 e. The zero-order valence-electron chi connectivity index (χ0n) is 31.0. The second-order valence-electron chi connectivity index (χ2n) is 14.5. The van der Waals surface area contributed by atoms with E-state index in [2.05, 4.69) is 20.2 Å². The van der Waals surface area contributed by atoms with Gasteiger partial charge in [-0.05, 0) is 65.1 Å². The third-order valence-electron chi connectivity index (χ3n) is 10.8. The summed E-state index contributed by atoms with van der Waals surface area (Å²) < 4.78 is 32.5. The molecule has 13 nitrogen and oxygen atoms in total. The van der Waals surface area contributed by atoms with Gasteiger partial charge in [0.05, 0.1) is 35.3 Å². The van der Waals surface area contributed by atoms with Gasteiger partial charge in [-0.3, -0.25) is 18.9 Å². The number of nitrogens with one attached hydrogen (secondary N) is 2. The number of nitrogens with zero attached hydrogens (tertiary/aromatic N) is 4. The molecule has 6 rings (SSSR count). The van der Waals surface area contributed by atoms with Gasteiger partial charge in [0.1, 0.15) is 12.6 Å². The number of hydrogen-bond donors (Lipinski definition) is 4. The number of sulfonamides is 1. The average Bonchev–Trinajstić information content (AvgIpc) is 3.43. The molecular weight excluding hydrogens is 721 g/mol. The summed E-state index contributed by atoms with van der Waals surface area (Å²) in [6.07, 6.45) is 5.84. The predicted octanol–water partition coefficient (Wildman–Crippen LogP) is 5.22. The molecule has 0 spiro atoms. The van der Waals surface area contributed by atoms with Crippen LogP contribution < -0.4 is 15.7 Å². The van der Waals surface area contributed by atoms with E-state index in [0.717, 1.165) is 41.3 Å². The van der Waals surface area contributed by atoms with Crippen LogP contribution in [0.5, 0.6) is 5.88 Å². The molecule has 1 aliphatic rings. The molecule has 1 saturated carbocycles. The van der Waals surface area contributed by atoms with Crippen LogP contribution in [0.2, 0.25) is 0 Å². The van der Waals surface area contributed by atoms with Gasteiger partial charge in [0.2, 0.25) is 21.8 Å². The third-order valence-corrected chi connectivity index (χ3v) is 12.3. The minimum absolute atomic E-state index is 0.0457. The van der Waals surface area contributed by atoms with E-state index in [1.807, 2.05) is 68.4 Å². The number of nitroso groups, excluding NO2 is 1. The first kappa shape index (κ1) is 39.5. The topological polar surface area (TPSA) is 185 Å². The normalized spacial score (nSPS) is 15.5. The van der Waals surface area contributed by atoms with Crippen LogP contribution in [0, 0.1) is 16.7 Å². The first-order chi connectivity index (χ1) is 26.5. The smallest absolute Gasteiger partial charge is 0.332 e. The fourth-order valence-electron chi connectivity index (χ4n) is 7.25. The van der Waals surface area contributed by atoms with Gasteiger partial charge >= 0.3 is 5.69 Å². The summed E-state index contributed by atoms with van der Waals surface area (Å²) >= 11 is 0. The standard InChI is InChI=1S/C41H48N6O7S/c1-3-27(2)39(47-26-38(49)46(41(47)51)25-31-18-19-42-34-15-8-7-14-33(31)34)40(50)45-35(22-29-10-5-4-6-11-29)36(48)24-44-55(53,54)37-17-16-30(23-43-52)21-32(37)20-28-12-9-13-28/h4-8,10-11,14-19,21,26-28,35-36,39,44,48-49H,3,9,12-13,20,22-25H2,1-2H3,(H,45,50)/t27-,35-,36+,39-/m0/s1. The predicted molar refractivity (Wildman–Crippen MR) is 210 cm³/mol. The van der Waals surface area contributed by atoms with Crippen LogP contribution >= 0.6 is 0 Å². The van der Waals surface area contributed by atoms with Crippen molar-refractivity contribution in [2.75, 3.05) is 6.54 Å². The Hall–Kier alpha value is -5.18. The molecule has 0 bridgehead atoms. The number of amides is 1. The summed E-state index contributed by atoms with van der Waals surface area (Å²) in [7, 11) is -4.12. The Balaban J connectivity index is 1.25. The molecule has 2 heterocycles. The van der Waals surface area contributed by atoms with E-state index >= 15 is 0 Å². The number of imidazole rings is 1. The molecule has 0 saturated heterocycles. The Morgan fingerprint density at radius 3 is 2.47 bits per heavy atom. The van der Waals surface area contributed by atoms with E-state index in [9.17, 15) is 33.1 Å². The average molecular weight is 769 g/mol. The van der Waals surface area contributed by atoms with Crippen molar-refractivity contribution in [1.29, 1.82) is 0 Å². The Labute approximate surface area is 320 Å². The van der Waals surface area contributed by atoms with Crippen molar-refractivity contribution in [3.05, 3.63) is 129 Å². The number of aliphatic hydroxyl groups excluding tert-OH is 1. The molecular formula is C41H48N6O7S. The summed E-state index contributed by atoms with van der Waals surface area (Å²) in [4.78, 5) is 43.7. The third kappa shape index (κ3) is 9.21. The van der Waals surface area contributed by atoms with Gasteiger partial charge in [0, 0.05) is 18.1 Å². The molecule has 0 unspecified atom stereocenters. The number of rotatable bonds is 18. The lowest BCUT2D eigenvalue weighted by Crippen LogP contribution is -2.52. The minimum atomic E-state index is -4.12. The van der Waals surface area contributed by atoms with Crippen LogP contribution in [0.1, 0.15) is 67.8 Å². The Kier molecular flexibility index (Phi) is 12.6. The number of aromatic nitrogens is 3. The van der Waals surface area contributed by atoms with Crippen molar-refractivity contribution in [2.45, 2.75) is 88.5 Å². The van der Waals surface area contributed by atoms with Crippen molar-refractivity contribution in [3.8, 4) is 5.88 Å². The van der Waals surface area contributed by atoms with Crippen LogP contribution in [-0.2, 0) is 40.7 Å². The molecule has 4 N–H and O–H groups in total. The first-order valence-corrected chi connectivity index (χ1v) is 20.2. The first-order valence-electron chi connectivity index (χ1n) is 18.7. The van der Waals surface area contributed by atoms with E-state index in [1.165, 1.54) is 21.4 Å². The summed E-state index contributed by atoms with van der Waals surface area (Å²) in [5, 5.41) is 29.4. The highest BCUT2D eigenvalue weighted by Gasteiger charge is 2.33. The summed E-state index contributed by atoms with van der Waals surface area (Å²) in [6, 6.07) is 21.2. The van der Waals surface area contributed by atoms with Crippen LogP contribution in [0.25, 0.3) is 10.9 Å². The number of pyridine rings is 1. The lowest BCUT2D eigenvalue weighted by molar-refractivity contribution is -0.127. The molecule has 55 heavy (non-hydrogen) atoms. The number of aliphatic hydroxyl groups is 1. The van der Waals surface area contributed by atoms with E-state index in [1.54, 1.807) is 24.4 Å². The monoisotopic (exact) mass is 768 g/mol. The molecule has 0 radical (unpaired) electrons. The van der Waals surface area contributed by atoms with Crippen LogP contribution in [0.4, 0.5) is 0 Å². The zero-order chi connectivity index (χ0) is 39.1. The molecule has 4 atom stereocenters. The van der Waals surface area contributed by atoms with Gasteiger partial charge in [0.15, 0.2) is 0 Å². The van der Waals surface area contributed by atoms with Gasteiger partial charge in [-0.25, -0.2) is 17.9 Å². The van der Waals surface area contributed by atoms with Crippen LogP contribution in [0.15, 0.2) is 106 Å². The number of carbonyl (C=O) groups is 1. The van der Waals surface area contributed by atoms with Crippen molar-refractivity contribution in [1.82, 2.24) is 24.2 Å². The highest BCUT2D eigenvalue weighted by molar-refractivity contribution is 7.89. The second kappa shape index (κ2) is 17.5. The van der Waals surface area contributed by atoms with Crippen LogP contribution in [-0.4, -0.2) is 57.3 Å². The fourth-order valence-corrected chi connectivity index (χ4v) is 8.53. The molecule has 0 aliphatic heterocycles. The van der Waals surface area contributed by atoms with Crippen LogP contribution in [0.3, 0.4) is 0 Å². The lowest BCUT2D eigenvalue weighted by Gasteiger charge is -2.29. The molecule has 3 aromatic carbocycles. The zero-order valence-corrected chi connectivity index (χ0v) is 31.9. The van der Waals surface area contributed by atoms with Crippen molar-refractivity contribution in [2.24, 2.45) is 17.0 Å². The van der Waals surface area contributed by atoms with Gasteiger partial charge in [-0.2, -0.15) is 4.91 Å². The Morgan fingerprint density at radius 1 is 1.02 bits per heavy atom. The fraction of sp³-hybridized carbons (Fsp3) is 0.390. The summed E-state index contributed by atoms with van der Waals surface area (Å²) in [5.74, 6) is -0.888. The highest BCUT2D eigenvalue weighted by Crippen LogP contribution is 2.32. The maximum atomic E-state index is 14.3. The van der Waals surface area contributed by atoms with E-state index in [-0.39, 0.29) is 36.2 Å². The molecule has 1 aliphatic carbocycles. The molecule has 1 fully saturated rings. The molecule has 14 heteroatoms. The minimum Gasteiger partial charge on any atom is -0.493 e. The van der Waals surface area contributed by atoms with Crippen molar-refractivity contribution in [3.63, 3.8) is 0 Å². The summed E-state index contributed by atoms with van der Waals surface area (Å²) in [5.41, 5.74) is 2.94. The number of benzene rings is 3. The number of fused-ring (bicyclic) bond motifs is 1. The van der Waals surface area contributed by atoms with Crippen molar-refractivity contribution < 1.29 is 23.4 Å². The van der Waals surface area contributed by atoms with Gasteiger partial charge in [-0.1, -0.05) is 105 Å². The number of aromatic hydroxyl groups is 1. The second-order valence-corrected chi connectivity index (χ2v) is 16.3. The highest BCUT2D eigenvalue weighted by atomic mass is 32.2. The van der Waals surface area contributed by atoms with Gasteiger partial charge < -0.3 is 15.5 Å². The van der Waals surface area contributed by atoms with E-state index < -0.39 is 46.4 Å². The number of hydrogen-bond acceptors (Lipinski definition) is 9. The van der Waals surface area contributed by atoms with E-state index in [4.69, 9.17) is 0 Å². The quantitative estimate of drug-likeness (QED) is 0.0875. The number of carbonyl (C=O) groups excluding carboxylic acids is 1. The van der Waals surface area contributed by atoms with Gasteiger partial charge in [-0.15, -0.1) is 0 Å². The van der Waals surface area contributed by atoms with Gasteiger partial charge in [0.25, 0.3) is 0 Å². The molecule has 290 valence electrons. The molecule has 1 amide bonds.